The first-order chi connectivity index (χ1) is 23.5. The van der Waals surface area contributed by atoms with Gasteiger partial charge in [0.05, 0.1) is 28.4 Å². The van der Waals surface area contributed by atoms with Gasteiger partial charge in [0.25, 0.3) is 0 Å². The number of aryl methyl sites for hydroxylation is 2. The Morgan fingerprint density at radius 1 is 1.06 bits per heavy atom. The number of aromatic amines is 1. The van der Waals surface area contributed by atoms with Crippen molar-refractivity contribution >= 4 is 26.7 Å². The Hall–Kier alpha value is -4.91. The lowest BCUT2D eigenvalue weighted by Gasteiger charge is -2.28. The Morgan fingerprint density at radius 3 is 2.56 bits per heavy atom. The minimum Gasteiger partial charge on any atom is -0.481 e. The maximum absolute atomic E-state index is 16.2. The molecule has 0 fully saturated rings. The molecule has 4 bridgehead atoms. The van der Waals surface area contributed by atoms with Crippen LogP contribution in [0.3, 0.4) is 0 Å². The van der Waals surface area contributed by atoms with E-state index in [1.165, 1.54) is 42.8 Å². The summed E-state index contributed by atoms with van der Waals surface area (Å²) in [6.45, 7) is 6.31. The number of rotatable bonds is 3. The van der Waals surface area contributed by atoms with Crippen LogP contribution in [0.5, 0.6) is 11.5 Å². The summed E-state index contributed by atoms with van der Waals surface area (Å²) in [7, 11) is -2.34. The number of ether oxygens (including phenoxy) is 1. The van der Waals surface area contributed by atoms with Crippen LogP contribution in [-0.4, -0.2) is 50.7 Å². The van der Waals surface area contributed by atoms with E-state index < -0.39 is 61.5 Å². The number of carboxylic acids is 1. The third-order valence-electron chi connectivity index (χ3n) is 9.50. The van der Waals surface area contributed by atoms with E-state index >= 15 is 13.2 Å². The Balaban J connectivity index is 1.57. The van der Waals surface area contributed by atoms with Gasteiger partial charge in [-0.1, -0.05) is 44.2 Å². The number of carbonyl (C=O) groups is 1. The molecule has 0 amide bonds. The molecule has 0 spiro atoms. The van der Waals surface area contributed by atoms with E-state index in [2.05, 4.69) is 10.1 Å². The lowest BCUT2D eigenvalue weighted by molar-refractivity contribution is -0.138. The number of allylic oxidation sites excluding steroid dienone is 2. The molecule has 9 nitrogen and oxygen atoms in total. The topological polar surface area (TPSA) is 127 Å². The molecule has 3 heterocycles. The normalized spacial score (nSPS) is 20.8. The first kappa shape index (κ1) is 34.9. The minimum absolute atomic E-state index is 0.00409. The molecule has 2 aromatic heterocycles. The molecule has 2 N–H and O–H groups in total. The van der Waals surface area contributed by atoms with Crippen LogP contribution >= 0.6 is 0 Å². The number of sulfone groups is 1. The fourth-order valence-electron chi connectivity index (χ4n) is 6.44. The molecule has 0 saturated heterocycles. The Labute approximate surface area is 287 Å². The molecule has 0 radical (unpaired) electrons. The SMILES string of the molecule is CC(C(=O)O)c1cccc(C2(C)C/C=C(\F)C(C)(C)CS(=O)(=O)CCc3c(c(F)cc4[nH]ccc34)Oc3ccc(F)c(c3)-c3nc2nn3C)c1. The number of H-pyrrole nitrogens is 1. The van der Waals surface area contributed by atoms with Crippen LogP contribution < -0.4 is 4.74 Å². The minimum atomic E-state index is -3.92. The van der Waals surface area contributed by atoms with E-state index in [0.29, 0.717) is 27.6 Å². The number of aromatic nitrogens is 4. The lowest BCUT2D eigenvalue weighted by Crippen LogP contribution is -2.29. The van der Waals surface area contributed by atoms with Crippen LogP contribution in [0, 0.1) is 17.0 Å². The molecule has 3 aromatic carbocycles. The molecule has 5 aromatic rings. The first-order valence-electron chi connectivity index (χ1n) is 16.1. The number of carboxylic acid groups (broad SMARTS) is 1. The molecular formula is C37H37F3N4O5S. The fraction of sp³-hybridized carbons (Fsp3) is 0.324. The van der Waals surface area contributed by atoms with Gasteiger partial charge >= 0.3 is 5.97 Å². The second-order valence-corrected chi connectivity index (χ2v) is 15.9. The van der Waals surface area contributed by atoms with Gasteiger partial charge in [-0.3, -0.25) is 4.79 Å². The number of fused-ring (bicyclic) bond motifs is 8. The molecular weight excluding hydrogens is 669 g/mol. The highest BCUT2D eigenvalue weighted by Crippen LogP contribution is 2.41. The highest BCUT2D eigenvalue weighted by Gasteiger charge is 2.37. The number of benzene rings is 3. The van der Waals surface area contributed by atoms with Gasteiger partial charge in [0, 0.05) is 41.2 Å². The Morgan fingerprint density at radius 2 is 1.82 bits per heavy atom. The molecule has 262 valence electrons. The average molecular weight is 707 g/mol. The summed E-state index contributed by atoms with van der Waals surface area (Å²) in [5.74, 6) is -4.74. The number of halogens is 3. The zero-order valence-corrected chi connectivity index (χ0v) is 29.0. The first-order valence-corrected chi connectivity index (χ1v) is 17.9. The molecule has 0 saturated carbocycles. The second-order valence-electron chi connectivity index (χ2n) is 13.7. The second kappa shape index (κ2) is 12.8. The van der Waals surface area contributed by atoms with Crippen molar-refractivity contribution in [2.45, 2.75) is 51.9 Å². The molecule has 13 heteroatoms. The Bertz CT molecular complexity index is 2280. The summed E-state index contributed by atoms with van der Waals surface area (Å²) in [6.07, 6.45) is 2.74. The van der Waals surface area contributed by atoms with Crippen molar-refractivity contribution in [1.29, 1.82) is 0 Å². The fourth-order valence-corrected chi connectivity index (χ4v) is 8.34. The van der Waals surface area contributed by atoms with Crippen molar-refractivity contribution in [2.75, 3.05) is 11.5 Å². The monoisotopic (exact) mass is 706 g/mol. The summed E-state index contributed by atoms with van der Waals surface area (Å²) in [5, 5.41) is 14.9. The van der Waals surface area contributed by atoms with Gasteiger partial charge < -0.3 is 14.8 Å². The molecule has 2 atom stereocenters. The van der Waals surface area contributed by atoms with Gasteiger partial charge in [0.1, 0.15) is 17.4 Å². The van der Waals surface area contributed by atoms with Crippen molar-refractivity contribution in [2.24, 2.45) is 12.5 Å². The maximum atomic E-state index is 16.2. The Kier molecular flexibility index (Phi) is 8.92. The number of aliphatic carboxylic acids is 1. The van der Waals surface area contributed by atoms with Crippen LogP contribution in [0.2, 0.25) is 0 Å². The number of nitrogens with zero attached hydrogens (tertiary/aromatic N) is 3. The van der Waals surface area contributed by atoms with E-state index in [0.717, 1.165) is 6.07 Å². The highest BCUT2D eigenvalue weighted by molar-refractivity contribution is 7.91. The van der Waals surface area contributed by atoms with Crippen molar-refractivity contribution in [3.05, 3.63) is 107 Å². The zero-order chi connectivity index (χ0) is 36.2. The summed E-state index contributed by atoms with van der Waals surface area (Å²) < 4.78 is 81.9. The van der Waals surface area contributed by atoms with Crippen LogP contribution in [0.1, 0.15) is 62.5 Å². The third kappa shape index (κ3) is 6.53. The predicted molar refractivity (Wildman–Crippen MR) is 184 cm³/mol. The van der Waals surface area contributed by atoms with E-state index in [-0.39, 0.29) is 41.6 Å². The highest BCUT2D eigenvalue weighted by atomic mass is 32.2. The summed E-state index contributed by atoms with van der Waals surface area (Å²) in [5.41, 5.74) is -0.823. The van der Waals surface area contributed by atoms with Crippen molar-refractivity contribution in [3.63, 3.8) is 0 Å². The smallest absolute Gasteiger partial charge is 0.310 e. The van der Waals surface area contributed by atoms with Gasteiger partial charge in [-0.2, -0.15) is 5.10 Å². The molecule has 0 aliphatic carbocycles. The van der Waals surface area contributed by atoms with E-state index in [1.807, 2.05) is 0 Å². The standard InChI is InChI=1S/C37H37F3N4O5S/c1-21(34(45)46)22-7-6-8-23(17-22)37(4)14-11-31(40)36(2,3)20-50(47,48)16-13-26-25-12-15-41-30(25)19-29(39)32(26)49-24-9-10-28(38)27(18-24)33-42-35(37)43-44(33)5/h6-12,15,17-19,21,41H,13-14,16,20H2,1-5H3,(H,45,46)/b31-11-. The predicted octanol–water partition coefficient (Wildman–Crippen LogP) is 7.77. The van der Waals surface area contributed by atoms with Crippen LogP contribution in [0.25, 0.3) is 22.3 Å². The zero-order valence-electron chi connectivity index (χ0n) is 28.2. The van der Waals surface area contributed by atoms with Crippen LogP contribution in [0.15, 0.2) is 72.7 Å². The summed E-state index contributed by atoms with van der Waals surface area (Å²) in [4.78, 5) is 19.5. The van der Waals surface area contributed by atoms with Crippen molar-refractivity contribution in [1.82, 2.24) is 19.7 Å². The third-order valence-corrected chi connectivity index (χ3v) is 11.5. The van der Waals surface area contributed by atoms with Gasteiger partial charge in [-0.25, -0.2) is 31.3 Å². The van der Waals surface area contributed by atoms with E-state index in [9.17, 15) is 18.3 Å². The molecule has 1 aliphatic rings. The van der Waals surface area contributed by atoms with Crippen LogP contribution in [0.4, 0.5) is 13.2 Å². The number of hydrogen-bond donors (Lipinski definition) is 2. The van der Waals surface area contributed by atoms with Crippen molar-refractivity contribution < 1.29 is 36.2 Å². The number of nitrogens with one attached hydrogen (secondary N) is 1. The van der Waals surface area contributed by atoms with Gasteiger partial charge in [-0.05, 0) is 62.1 Å². The molecule has 2 unspecified atom stereocenters. The number of hydrogen-bond acceptors (Lipinski definition) is 6. The van der Waals surface area contributed by atoms with E-state index in [1.54, 1.807) is 57.4 Å². The van der Waals surface area contributed by atoms with Gasteiger partial charge in [0.15, 0.2) is 33.1 Å². The molecule has 50 heavy (non-hydrogen) atoms. The summed E-state index contributed by atoms with van der Waals surface area (Å²) in [6, 6.07) is 13.6. The average Bonchev–Trinajstić information content (AvgIpc) is 3.69. The largest absolute Gasteiger partial charge is 0.481 e. The van der Waals surface area contributed by atoms with Crippen LogP contribution in [-0.2, 0) is 33.5 Å². The lowest BCUT2D eigenvalue weighted by atomic mass is 9.76. The van der Waals surface area contributed by atoms with E-state index in [4.69, 9.17) is 9.72 Å². The summed E-state index contributed by atoms with van der Waals surface area (Å²) >= 11 is 0. The molecule has 6 rings (SSSR count). The quantitative estimate of drug-likeness (QED) is 0.196. The molecule has 1 aliphatic heterocycles. The van der Waals surface area contributed by atoms with Gasteiger partial charge in [0.2, 0.25) is 0 Å². The van der Waals surface area contributed by atoms with Crippen molar-refractivity contribution in [3.8, 4) is 22.9 Å². The van der Waals surface area contributed by atoms with Gasteiger partial charge in [-0.15, -0.1) is 0 Å². The maximum Gasteiger partial charge on any atom is 0.310 e.